The van der Waals surface area contributed by atoms with Gasteiger partial charge in [0.05, 0.1) is 6.20 Å². The van der Waals surface area contributed by atoms with Gasteiger partial charge >= 0.3 is 5.97 Å². The Labute approximate surface area is 90.6 Å². The minimum atomic E-state index is -0.358. The summed E-state index contributed by atoms with van der Waals surface area (Å²) in [5, 5.41) is 14.2. The highest BCUT2D eigenvalue weighted by Crippen LogP contribution is 2.01. The Morgan fingerprint density at radius 1 is 1.62 bits per heavy atom. The Morgan fingerprint density at radius 2 is 2.44 bits per heavy atom. The van der Waals surface area contributed by atoms with Gasteiger partial charge in [-0.25, -0.2) is 0 Å². The summed E-state index contributed by atoms with van der Waals surface area (Å²) in [4.78, 5) is 14.7. The smallest absolute Gasteiger partial charge is 0.303 e. The summed E-state index contributed by atoms with van der Waals surface area (Å²) in [5.74, 6) is 0.731. The van der Waals surface area contributed by atoms with Crippen LogP contribution in [0.5, 0.6) is 0 Å². The predicted octanol–water partition coefficient (Wildman–Crippen LogP) is -0.243. The number of nitrogens with one attached hydrogen (secondary N) is 1. The van der Waals surface area contributed by atoms with Crippen molar-refractivity contribution in [2.75, 3.05) is 0 Å². The molecule has 0 saturated carbocycles. The van der Waals surface area contributed by atoms with Crippen LogP contribution in [0.4, 0.5) is 0 Å². The Bertz CT molecular complexity index is 502. The summed E-state index contributed by atoms with van der Waals surface area (Å²) in [6.07, 6.45) is 1.60. The maximum absolute atomic E-state index is 10.6. The van der Waals surface area contributed by atoms with E-state index in [2.05, 4.69) is 25.5 Å². The number of aromatic amines is 1. The zero-order chi connectivity index (χ0) is 11.5. The largest absolute Gasteiger partial charge is 0.459 e. The van der Waals surface area contributed by atoms with Crippen LogP contribution in [0.15, 0.2) is 6.20 Å². The van der Waals surface area contributed by atoms with Crippen molar-refractivity contribution in [3.05, 3.63) is 17.7 Å². The van der Waals surface area contributed by atoms with Crippen LogP contribution < -0.4 is 0 Å². The second-order valence-corrected chi connectivity index (χ2v) is 3.16. The van der Waals surface area contributed by atoms with Gasteiger partial charge in [-0.3, -0.25) is 9.89 Å². The number of hydrogen-bond acceptors (Lipinski definition) is 6. The van der Waals surface area contributed by atoms with Crippen molar-refractivity contribution in [2.24, 2.45) is 0 Å². The molecule has 2 rings (SSSR count). The van der Waals surface area contributed by atoms with Gasteiger partial charge < -0.3 is 4.74 Å². The Hall–Kier alpha value is -2.25. The van der Waals surface area contributed by atoms with Gasteiger partial charge in [0.25, 0.3) is 5.95 Å². The highest BCUT2D eigenvalue weighted by Gasteiger charge is 2.07. The molecule has 84 valence electrons. The summed E-state index contributed by atoms with van der Waals surface area (Å²) in [7, 11) is 0. The molecular formula is C8H10N6O2. The Morgan fingerprint density at radius 3 is 3.06 bits per heavy atom. The van der Waals surface area contributed by atoms with Crippen molar-refractivity contribution in [2.45, 2.75) is 20.5 Å². The number of esters is 1. The maximum Gasteiger partial charge on any atom is 0.303 e. The van der Waals surface area contributed by atoms with E-state index in [9.17, 15) is 4.79 Å². The molecule has 0 bridgehead atoms. The molecule has 0 aliphatic heterocycles. The molecule has 0 radical (unpaired) electrons. The lowest BCUT2D eigenvalue weighted by molar-refractivity contribution is -0.142. The zero-order valence-electron chi connectivity index (χ0n) is 8.84. The number of nitrogens with zero attached hydrogens (tertiary/aromatic N) is 5. The lowest BCUT2D eigenvalue weighted by Gasteiger charge is -1.95. The third-order valence-corrected chi connectivity index (χ3v) is 1.75. The number of aromatic nitrogens is 6. The van der Waals surface area contributed by atoms with Gasteiger partial charge in [0, 0.05) is 6.92 Å². The standard InChI is InChI=1S/C8H10N6O2/c1-5-9-8(12-10-5)14-3-7(11-13-14)4-16-6(2)15/h3H,4H2,1-2H3,(H,9,10,12). The molecule has 0 amide bonds. The minimum absolute atomic E-state index is 0.0960. The molecule has 1 N–H and O–H groups in total. The Balaban J connectivity index is 2.10. The number of aryl methyl sites for hydroxylation is 1. The highest BCUT2D eigenvalue weighted by molar-refractivity contribution is 5.65. The lowest BCUT2D eigenvalue weighted by Crippen LogP contribution is -1.99. The quantitative estimate of drug-likeness (QED) is 0.719. The van der Waals surface area contributed by atoms with Gasteiger partial charge in [-0.1, -0.05) is 5.21 Å². The average molecular weight is 222 g/mol. The molecule has 0 atom stereocenters. The lowest BCUT2D eigenvalue weighted by atomic mass is 10.5. The van der Waals surface area contributed by atoms with Crippen LogP contribution in [0.2, 0.25) is 0 Å². The molecule has 8 heteroatoms. The second kappa shape index (κ2) is 4.09. The summed E-state index contributed by atoms with van der Waals surface area (Å²) >= 11 is 0. The second-order valence-electron chi connectivity index (χ2n) is 3.16. The molecule has 8 nitrogen and oxygen atoms in total. The van der Waals surface area contributed by atoms with Gasteiger partial charge in [-0.05, 0) is 6.92 Å². The fourth-order valence-electron chi connectivity index (χ4n) is 1.07. The van der Waals surface area contributed by atoms with Crippen LogP contribution in [0.25, 0.3) is 5.95 Å². The molecule has 0 aliphatic carbocycles. The topological polar surface area (TPSA) is 98.6 Å². The molecule has 0 saturated heterocycles. The van der Waals surface area contributed by atoms with Crippen LogP contribution in [0.3, 0.4) is 0 Å². The number of rotatable bonds is 3. The van der Waals surface area contributed by atoms with Gasteiger partial charge in [0.2, 0.25) is 0 Å². The monoisotopic (exact) mass is 222 g/mol. The highest BCUT2D eigenvalue weighted by atomic mass is 16.5. The SMILES string of the molecule is CC(=O)OCc1cn(-c2n[nH]c(C)n2)nn1. The molecule has 0 aromatic carbocycles. The minimum Gasteiger partial charge on any atom is -0.459 e. The first-order valence-corrected chi connectivity index (χ1v) is 4.59. The molecule has 2 aromatic rings. The first-order valence-electron chi connectivity index (χ1n) is 4.59. The van der Waals surface area contributed by atoms with Crippen molar-refractivity contribution in [1.29, 1.82) is 0 Å². The molecule has 0 spiro atoms. The van der Waals surface area contributed by atoms with Crippen LogP contribution >= 0.6 is 0 Å². The number of carbonyl (C=O) groups is 1. The van der Waals surface area contributed by atoms with Crippen LogP contribution in [0, 0.1) is 6.92 Å². The van der Waals surface area contributed by atoms with Gasteiger partial charge in [0.15, 0.2) is 0 Å². The molecule has 0 unspecified atom stereocenters. The molecule has 0 aliphatic rings. The summed E-state index contributed by atoms with van der Waals surface area (Å²) in [5.41, 5.74) is 0.539. The van der Waals surface area contributed by atoms with Crippen molar-refractivity contribution < 1.29 is 9.53 Å². The number of carbonyl (C=O) groups excluding carboxylic acids is 1. The molecule has 0 fully saturated rings. The fraction of sp³-hybridized carbons (Fsp3) is 0.375. The van der Waals surface area contributed by atoms with Crippen molar-refractivity contribution in [3.8, 4) is 5.95 Å². The third kappa shape index (κ3) is 2.22. The fourth-order valence-corrected chi connectivity index (χ4v) is 1.07. The maximum atomic E-state index is 10.6. The molecule has 2 aromatic heterocycles. The van der Waals surface area contributed by atoms with E-state index >= 15 is 0 Å². The summed E-state index contributed by atoms with van der Waals surface area (Å²) in [6, 6.07) is 0. The van der Waals surface area contributed by atoms with E-state index in [4.69, 9.17) is 4.74 Å². The normalized spacial score (nSPS) is 10.4. The average Bonchev–Trinajstić information content (AvgIpc) is 2.83. The first kappa shape index (κ1) is 10.3. The number of ether oxygens (including phenoxy) is 1. The van der Waals surface area contributed by atoms with Crippen molar-refractivity contribution in [3.63, 3.8) is 0 Å². The van der Waals surface area contributed by atoms with E-state index in [1.54, 1.807) is 13.1 Å². The molecule has 2 heterocycles. The third-order valence-electron chi connectivity index (χ3n) is 1.75. The predicted molar refractivity (Wildman–Crippen MR) is 51.5 cm³/mol. The van der Waals surface area contributed by atoms with E-state index in [1.807, 2.05) is 0 Å². The summed E-state index contributed by atoms with van der Waals surface area (Å²) in [6.45, 7) is 3.22. The Kier molecular flexibility index (Phi) is 2.63. The van der Waals surface area contributed by atoms with E-state index < -0.39 is 0 Å². The van der Waals surface area contributed by atoms with E-state index in [0.29, 0.717) is 17.5 Å². The van der Waals surface area contributed by atoms with Crippen LogP contribution in [0.1, 0.15) is 18.4 Å². The van der Waals surface area contributed by atoms with Gasteiger partial charge in [0.1, 0.15) is 18.1 Å². The van der Waals surface area contributed by atoms with Crippen LogP contribution in [-0.4, -0.2) is 36.1 Å². The number of hydrogen-bond donors (Lipinski definition) is 1. The van der Waals surface area contributed by atoms with E-state index in [1.165, 1.54) is 11.6 Å². The zero-order valence-corrected chi connectivity index (χ0v) is 8.84. The van der Waals surface area contributed by atoms with E-state index in [0.717, 1.165) is 0 Å². The number of H-pyrrole nitrogens is 1. The molecular weight excluding hydrogens is 212 g/mol. The van der Waals surface area contributed by atoms with E-state index in [-0.39, 0.29) is 12.6 Å². The van der Waals surface area contributed by atoms with Crippen molar-refractivity contribution >= 4 is 5.97 Å². The summed E-state index contributed by atoms with van der Waals surface area (Å²) < 4.78 is 6.18. The van der Waals surface area contributed by atoms with Gasteiger partial charge in [-0.2, -0.15) is 9.67 Å². The van der Waals surface area contributed by atoms with Crippen molar-refractivity contribution in [1.82, 2.24) is 30.2 Å². The molecule has 16 heavy (non-hydrogen) atoms. The van der Waals surface area contributed by atoms with Crippen LogP contribution in [-0.2, 0) is 16.1 Å². The first-order chi connectivity index (χ1) is 7.65. The van der Waals surface area contributed by atoms with Gasteiger partial charge in [-0.15, -0.1) is 10.2 Å².